The first kappa shape index (κ1) is 25.3. The molecule has 1 aliphatic rings. The first-order chi connectivity index (χ1) is 15.9. The van der Waals surface area contributed by atoms with Gasteiger partial charge in [0.2, 0.25) is 6.29 Å². The minimum atomic E-state index is -0.402. The fourth-order valence-corrected chi connectivity index (χ4v) is 4.75. The molecule has 4 nitrogen and oxygen atoms in total. The Morgan fingerprint density at radius 2 is 1.55 bits per heavy atom. The number of carbonyl (C=O) groups is 1. The Morgan fingerprint density at radius 3 is 2.09 bits per heavy atom. The second kappa shape index (κ2) is 11.7. The maximum absolute atomic E-state index is 12.2. The van der Waals surface area contributed by atoms with Crippen molar-refractivity contribution in [1.29, 1.82) is 0 Å². The normalized spacial score (nSPS) is 17.4. The Hall–Kier alpha value is -2.33. The maximum Gasteiger partial charge on any atom is 0.338 e. The van der Waals surface area contributed by atoms with Crippen molar-refractivity contribution in [2.45, 2.75) is 96.9 Å². The van der Waals surface area contributed by atoms with E-state index in [-0.39, 0.29) is 17.5 Å². The summed E-state index contributed by atoms with van der Waals surface area (Å²) in [6.45, 7) is 10.8. The third kappa shape index (κ3) is 6.17. The summed E-state index contributed by atoms with van der Waals surface area (Å²) in [5.41, 5.74) is 2.81. The van der Waals surface area contributed by atoms with Gasteiger partial charge in [0.05, 0.1) is 23.7 Å². The Bertz CT molecular complexity index is 863. The minimum absolute atomic E-state index is 0.0343. The number of carbonyl (C=O) groups excluding carboxylic acids is 1. The van der Waals surface area contributed by atoms with E-state index in [1.807, 2.05) is 19.1 Å². The van der Waals surface area contributed by atoms with Crippen LogP contribution in [0.15, 0.2) is 48.5 Å². The van der Waals surface area contributed by atoms with Crippen LogP contribution in [0.25, 0.3) is 0 Å². The number of hydrogen-bond donors (Lipinski definition) is 0. The van der Waals surface area contributed by atoms with Crippen LogP contribution in [-0.2, 0) is 14.9 Å². The Labute approximate surface area is 199 Å². The number of rotatable bonds is 10. The van der Waals surface area contributed by atoms with Gasteiger partial charge in [-0.15, -0.1) is 0 Å². The summed E-state index contributed by atoms with van der Waals surface area (Å²) >= 11 is 0. The molecule has 0 radical (unpaired) electrons. The van der Waals surface area contributed by atoms with E-state index < -0.39 is 6.29 Å². The van der Waals surface area contributed by atoms with E-state index in [9.17, 15) is 4.79 Å². The number of hydrogen-bond acceptors (Lipinski definition) is 4. The van der Waals surface area contributed by atoms with Gasteiger partial charge in [0.15, 0.2) is 0 Å². The van der Waals surface area contributed by atoms with Gasteiger partial charge >= 0.3 is 5.97 Å². The van der Waals surface area contributed by atoms with Crippen LogP contribution in [-0.4, -0.2) is 25.0 Å². The highest BCUT2D eigenvalue weighted by molar-refractivity contribution is 5.89. The zero-order valence-electron chi connectivity index (χ0n) is 20.9. The molecule has 0 heterocycles. The highest BCUT2D eigenvalue weighted by Crippen LogP contribution is 2.44. The Balaban J connectivity index is 1.92. The van der Waals surface area contributed by atoms with E-state index in [4.69, 9.17) is 14.2 Å². The molecule has 0 spiro atoms. The first-order valence-corrected chi connectivity index (χ1v) is 12.6. The lowest BCUT2D eigenvalue weighted by atomic mass is 9.68. The van der Waals surface area contributed by atoms with E-state index in [2.05, 4.69) is 64.1 Å². The largest absolute Gasteiger partial charge is 0.464 e. The summed E-state index contributed by atoms with van der Waals surface area (Å²) in [5.74, 6) is 1.08. The van der Waals surface area contributed by atoms with E-state index in [1.54, 1.807) is 0 Å². The number of ether oxygens (including phenoxy) is 3. The molecule has 1 fully saturated rings. The predicted octanol–water partition coefficient (Wildman–Crippen LogP) is 7.41. The second-order valence-corrected chi connectivity index (χ2v) is 9.53. The molecule has 1 aliphatic carbocycles. The SMILES string of the molecule is CCOC(=O)c1ccc(C2(C(Oc3ccc(C(C)CC)cc3)OC(C)C)CCCCC2)cc1. The molecule has 0 aromatic heterocycles. The third-order valence-corrected chi connectivity index (χ3v) is 6.87. The van der Waals surface area contributed by atoms with Crippen LogP contribution in [0.5, 0.6) is 5.75 Å². The van der Waals surface area contributed by atoms with Gasteiger partial charge in [-0.25, -0.2) is 4.79 Å². The molecule has 0 aliphatic heterocycles. The molecule has 0 amide bonds. The van der Waals surface area contributed by atoms with Gasteiger partial charge in [-0.3, -0.25) is 0 Å². The van der Waals surface area contributed by atoms with Crippen molar-refractivity contribution in [3.63, 3.8) is 0 Å². The number of benzene rings is 2. The molecule has 2 aromatic carbocycles. The van der Waals surface area contributed by atoms with Crippen LogP contribution in [0.3, 0.4) is 0 Å². The summed E-state index contributed by atoms with van der Waals surface area (Å²) < 4.78 is 18.2. The molecular formula is C29H40O4. The topological polar surface area (TPSA) is 44.8 Å². The quantitative estimate of drug-likeness (QED) is 0.278. The lowest BCUT2D eigenvalue weighted by molar-refractivity contribution is -0.159. The van der Waals surface area contributed by atoms with Crippen LogP contribution in [0.1, 0.15) is 101 Å². The molecule has 2 aromatic rings. The molecule has 0 saturated heterocycles. The molecule has 2 atom stereocenters. The average Bonchev–Trinajstić information content (AvgIpc) is 2.84. The van der Waals surface area contributed by atoms with Crippen LogP contribution in [0.2, 0.25) is 0 Å². The summed E-state index contributed by atoms with van der Waals surface area (Å²) in [6, 6.07) is 16.3. The van der Waals surface area contributed by atoms with Crippen molar-refractivity contribution in [3.05, 3.63) is 65.2 Å². The van der Waals surface area contributed by atoms with Crippen LogP contribution in [0.4, 0.5) is 0 Å². The molecule has 1 saturated carbocycles. The third-order valence-electron chi connectivity index (χ3n) is 6.87. The van der Waals surface area contributed by atoms with Crippen molar-refractivity contribution in [1.82, 2.24) is 0 Å². The first-order valence-electron chi connectivity index (χ1n) is 12.6. The highest BCUT2D eigenvalue weighted by Gasteiger charge is 2.44. The molecule has 180 valence electrons. The second-order valence-electron chi connectivity index (χ2n) is 9.53. The smallest absolute Gasteiger partial charge is 0.338 e. The van der Waals surface area contributed by atoms with Gasteiger partial charge in [0, 0.05) is 0 Å². The fourth-order valence-electron chi connectivity index (χ4n) is 4.75. The molecule has 33 heavy (non-hydrogen) atoms. The van der Waals surface area contributed by atoms with Gasteiger partial charge in [-0.05, 0) is 81.3 Å². The van der Waals surface area contributed by atoms with Crippen molar-refractivity contribution in [2.24, 2.45) is 0 Å². The minimum Gasteiger partial charge on any atom is -0.464 e. The monoisotopic (exact) mass is 452 g/mol. The molecule has 2 unspecified atom stereocenters. The molecule has 4 heteroatoms. The van der Waals surface area contributed by atoms with Gasteiger partial charge in [-0.1, -0.05) is 57.4 Å². The summed E-state index contributed by atoms with van der Waals surface area (Å²) in [5, 5.41) is 0. The molecule has 0 N–H and O–H groups in total. The van der Waals surface area contributed by atoms with Gasteiger partial charge in [0.25, 0.3) is 0 Å². The van der Waals surface area contributed by atoms with Crippen molar-refractivity contribution >= 4 is 5.97 Å². The zero-order valence-corrected chi connectivity index (χ0v) is 20.9. The Kier molecular flexibility index (Phi) is 8.96. The van der Waals surface area contributed by atoms with Crippen LogP contribution >= 0.6 is 0 Å². The standard InChI is InChI=1S/C29H40O4/c1-6-22(5)23-13-17-26(18-14-23)33-28(32-21(3)4)29(19-9-8-10-20-29)25-15-11-24(12-16-25)27(30)31-7-2/h11-18,21-22,28H,6-10,19-20H2,1-5H3. The van der Waals surface area contributed by atoms with Gasteiger partial charge < -0.3 is 14.2 Å². The number of esters is 1. The van der Waals surface area contributed by atoms with Gasteiger partial charge in [-0.2, -0.15) is 0 Å². The Morgan fingerprint density at radius 1 is 0.909 bits per heavy atom. The maximum atomic E-state index is 12.2. The molecule has 3 rings (SSSR count). The lowest BCUT2D eigenvalue weighted by Gasteiger charge is -2.44. The molecular weight excluding hydrogens is 412 g/mol. The van der Waals surface area contributed by atoms with E-state index in [0.717, 1.165) is 43.4 Å². The lowest BCUT2D eigenvalue weighted by Crippen LogP contribution is -2.47. The van der Waals surface area contributed by atoms with Crippen molar-refractivity contribution in [3.8, 4) is 5.75 Å². The summed E-state index contributed by atoms with van der Waals surface area (Å²) in [4.78, 5) is 12.2. The average molecular weight is 453 g/mol. The van der Waals surface area contributed by atoms with E-state index in [1.165, 1.54) is 12.0 Å². The zero-order chi connectivity index (χ0) is 23.8. The van der Waals surface area contributed by atoms with Crippen LogP contribution in [0, 0.1) is 0 Å². The van der Waals surface area contributed by atoms with E-state index in [0.29, 0.717) is 18.1 Å². The molecule has 0 bridgehead atoms. The highest BCUT2D eigenvalue weighted by atomic mass is 16.7. The fraction of sp³-hybridized carbons (Fsp3) is 0.552. The van der Waals surface area contributed by atoms with Crippen molar-refractivity contribution in [2.75, 3.05) is 6.61 Å². The van der Waals surface area contributed by atoms with Gasteiger partial charge in [0.1, 0.15) is 5.75 Å². The summed E-state index contributed by atoms with van der Waals surface area (Å²) in [7, 11) is 0. The summed E-state index contributed by atoms with van der Waals surface area (Å²) in [6.07, 6.45) is 6.22. The van der Waals surface area contributed by atoms with Crippen molar-refractivity contribution < 1.29 is 19.0 Å². The van der Waals surface area contributed by atoms with Crippen LogP contribution < -0.4 is 4.74 Å². The predicted molar refractivity (Wildman–Crippen MR) is 133 cm³/mol. The van der Waals surface area contributed by atoms with E-state index >= 15 is 0 Å².